The van der Waals surface area contributed by atoms with Crippen molar-refractivity contribution in [1.82, 2.24) is 0 Å². The molecule has 1 aromatic carbocycles. The average molecular weight is 290 g/mol. The van der Waals surface area contributed by atoms with Crippen LogP contribution in [-0.2, 0) is 4.79 Å². The molecular formula is C16H22N2O3. The van der Waals surface area contributed by atoms with Crippen molar-refractivity contribution in [3.05, 3.63) is 23.8 Å². The number of ketones is 1. The predicted octanol–water partition coefficient (Wildman–Crippen LogP) is 1.99. The van der Waals surface area contributed by atoms with Crippen LogP contribution in [0.5, 0.6) is 5.75 Å². The van der Waals surface area contributed by atoms with Crippen molar-refractivity contribution in [2.24, 2.45) is 11.7 Å². The molecule has 2 rings (SSSR count). The summed E-state index contributed by atoms with van der Waals surface area (Å²) in [5.41, 5.74) is 6.73. The van der Waals surface area contributed by atoms with Crippen LogP contribution in [0.1, 0.15) is 37.0 Å². The minimum Gasteiger partial charge on any atom is -0.482 e. The second-order valence-corrected chi connectivity index (χ2v) is 5.68. The number of ether oxygens (including phenoxy) is 1. The van der Waals surface area contributed by atoms with Crippen molar-refractivity contribution < 1.29 is 14.3 Å². The van der Waals surface area contributed by atoms with Crippen molar-refractivity contribution in [1.29, 1.82) is 0 Å². The Bertz CT molecular complexity index is 540. The number of fused-ring (bicyclic) bond motifs is 1. The largest absolute Gasteiger partial charge is 0.482 e. The zero-order valence-electron chi connectivity index (χ0n) is 12.6. The van der Waals surface area contributed by atoms with Gasteiger partial charge in [0.2, 0.25) is 0 Å². The summed E-state index contributed by atoms with van der Waals surface area (Å²) in [6, 6.07) is 5.28. The number of hydrogen-bond donors (Lipinski definition) is 1. The Morgan fingerprint density at radius 3 is 2.86 bits per heavy atom. The number of Topliss-reactive ketones (excluding diaryl/α,β-unsaturated/α-hetero) is 1. The smallest absolute Gasteiger partial charge is 0.265 e. The van der Waals surface area contributed by atoms with Gasteiger partial charge in [0.25, 0.3) is 5.91 Å². The van der Waals surface area contributed by atoms with Crippen LogP contribution in [-0.4, -0.2) is 31.4 Å². The monoisotopic (exact) mass is 290 g/mol. The van der Waals surface area contributed by atoms with Crippen LogP contribution in [0.2, 0.25) is 0 Å². The van der Waals surface area contributed by atoms with E-state index in [9.17, 15) is 9.59 Å². The maximum atomic E-state index is 12.1. The maximum Gasteiger partial charge on any atom is 0.265 e. The zero-order valence-corrected chi connectivity index (χ0v) is 12.6. The summed E-state index contributed by atoms with van der Waals surface area (Å²) in [5.74, 6) is 0.982. The summed E-state index contributed by atoms with van der Waals surface area (Å²) >= 11 is 0. The van der Waals surface area contributed by atoms with Crippen LogP contribution in [0.4, 0.5) is 5.69 Å². The van der Waals surface area contributed by atoms with E-state index in [1.165, 1.54) is 0 Å². The minimum absolute atomic E-state index is 0.0470. The van der Waals surface area contributed by atoms with E-state index in [1.54, 1.807) is 23.1 Å². The van der Waals surface area contributed by atoms with Gasteiger partial charge in [0.15, 0.2) is 12.4 Å². The standard InChI is InChI=1S/C16H22N2O3/c1-11(2)9-18-13-8-12(14(19)4-3-7-17)5-6-15(13)21-10-16(18)20/h5-6,8,11H,3-4,7,9-10,17H2,1-2H3. The number of amides is 1. The third-order valence-electron chi connectivity index (χ3n) is 3.38. The Hall–Kier alpha value is -1.88. The molecule has 0 aromatic heterocycles. The molecule has 2 N–H and O–H groups in total. The van der Waals surface area contributed by atoms with Crippen LogP contribution in [0.3, 0.4) is 0 Å². The molecule has 0 aliphatic carbocycles. The van der Waals surface area contributed by atoms with E-state index in [2.05, 4.69) is 13.8 Å². The molecule has 114 valence electrons. The molecule has 5 nitrogen and oxygen atoms in total. The molecule has 0 radical (unpaired) electrons. The molecule has 0 bridgehead atoms. The molecule has 1 aliphatic heterocycles. The van der Waals surface area contributed by atoms with Crippen molar-refractivity contribution in [2.45, 2.75) is 26.7 Å². The van der Waals surface area contributed by atoms with Crippen LogP contribution < -0.4 is 15.4 Å². The van der Waals surface area contributed by atoms with Crippen molar-refractivity contribution >= 4 is 17.4 Å². The van der Waals surface area contributed by atoms with Crippen molar-refractivity contribution in [2.75, 3.05) is 24.6 Å². The number of hydrogen-bond acceptors (Lipinski definition) is 4. The average Bonchev–Trinajstić information content (AvgIpc) is 2.47. The van der Waals surface area contributed by atoms with Gasteiger partial charge in [0.05, 0.1) is 5.69 Å². The highest BCUT2D eigenvalue weighted by Gasteiger charge is 2.26. The highest BCUT2D eigenvalue weighted by Crippen LogP contribution is 2.33. The maximum absolute atomic E-state index is 12.1. The fraction of sp³-hybridized carbons (Fsp3) is 0.500. The van der Waals surface area contributed by atoms with Gasteiger partial charge in [-0.3, -0.25) is 9.59 Å². The van der Waals surface area contributed by atoms with E-state index >= 15 is 0 Å². The number of rotatable bonds is 6. The van der Waals surface area contributed by atoms with Gasteiger partial charge in [-0.25, -0.2) is 0 Å². The lowest BCUT2D eigenvalue weighted by atomic mass is 10.0. The van der Waals surface area contributed by atoms with Crippen LogP contribution >= 0.6 is 0 Å². The van der Waals surface area contributed by atoms with Gasteiger partial charge in [-0.2, -0.15) is 0 Å². The first-order valence-corrected chi connectivity index (χ1v) is 7.33. The molecule has 0 spiro atoms. The lowest BCUT2D eigenvalue weighted by molar-refractivity contribution is -0.121. The molecule has 0 saturated carbocycles. The number of nitrogens with two attached hydrogens (primary N) is 1. The van der Waals surface area contributed by atoms with Crippen LogP contribution in [0.25, 0.3) is 0 Å². The van der Waals surface area contributed by atoms with Gasteiger partial charge in [0, 0.05) is 18.5 Å². The first-order valence-electron chi connectivity index (χ1n) is 7.33. The first kappa shape index (κ1) is 15.5. The number of nitrogens with zero attached hydrogens (tertiary/aromatic N) is 1. The van der Waals surface area contributed by atoms with Gasteiger partial charge in [-0.1, -0.05) is 13.8 Å². The molecule has 1 heterocycles. The van der Waals surface area contributed by atoms with E-state index in [1.807, 2.05) is 0 Å². The summed E-state index contributed by atoms with van der Waals surface area (Å²) in [6.07, 6.45) is 1.09. The van der Waals surface area contributed by atoms with Gasteiger partial charge in [-0.15, -0.1) is 0 Å². The normalized spacial score (nSPS) is 14.1. The molecule has 0 unspecified atom stereocenters. The highest BCUT2D eigenvalue weighted by atomic mass is 16.5. The third kappa shape index (κ3) is 3.61. The Labute approximate surface area is 125 Å². The Morgan fingerprint density at radius 1 is 1.43 bits per heavy atom. The highest BCUT2D eigenvalue weighted by molar-refractivity contribution is 6.01. The predicted molar refractivity (Wildman–Crippen MR) is 81.7 cm³/mol. The molecule has 0 fully saturated rings. The van der Waals surface area contributed by atoms with Crippen molar-refractivity contribution in [3.8, 4) is 5.75 Å². The number of carbonyl (C=O) groups excluding carboxylic acids is 2. The summed E-state index contributed by atoms with van der Waals surface area (Å²) in [5, 5.41) is 0. The fourth-order valence-corrected chi connectivity index (χ4v) is 2.35. The summed E-state index contributed by atoms with van der Waals surface area (Å²) in [6.45, 7) is 5.28. The SMILES string of the molecule is CC(C)CN1C(=O)COc2ccc(C(=O)CCCN)cc21. The molecule has 21 heavy (non-hydrogen) atoms. The van der Waals surface area contributed by atoms with Crippen LogP contribution in [0, 0.1) is 5.92 Å². The first-order chi connectivity index (χ1) is 10.0. The lowest BCUT2D eigenvalue weighted by Crippen LogP contribution is -2.41. The molecule has 1 aromatic rings. The molecule has 1 aliphatic rings. The zero-order chi connectivity index (χ0) is 15.4. The second-order valence-electron chi connectivity index (χ2n) is 5.68. The number of benzene rings is 1. The quantitative estimate of drug-likeness (QED) is 0.813. The fourth-order valence-electron chi connectivity index (χ4n) is 2.35. The Morgan fingerprint density at radius 2 is 2.19 bits per heavy atom. The van der Waals surface area contributed by atoms with Gasteiger partial charge >= 0.3 is 0 Å². The molecular weight excluding hydrogens is 268 g/mol. The van der Waals surface area contributed by atoms with Crippen LogP contribution in [0.15, 0.2) is 18.2 Å². The second kappa shape index (κ2) is 6.72. The van der Waals surface area contributed by atoms with E-state index in [0.717, 1.165) is 0 Å². The Kier molecular flexibility index (Phi) is 4.96. The molecule has 1 amide bonds. The van der Waals surface area contributed by atoms with Crippen molar-refractivity contribution in [3.63, 3.8) is 0 Å². The molecule has 0 saturated heterocycles. The number of anilines is 1. The molecule has 0 atom stereocenters. The summed E-state index contributed by atoms with van der Waals surface area (Å²) in [4.78, 5) is 25.9. The van der Waals surface area contributed by atoms with E-state index in [-0.39, 0.29) is 18.3 Å². The topological polar surface area (TPSA) is 72.6 Å². The lowest BCUT2D eigenvalue weighted by Gasteiger charge is -2.31. The third-order valence-corrected chi connectivity index (χ3v) is 3.38. The van der Waals surface area contributed by atoms with Gasteiger partial charge < -0.3 is 15.4 Å². The van der Waals surface area contributed by atoms with Gasteiger partial charge in [0.1, 0.15) is 5.75 Å². The van der Waals surface area contributed by atoms with E-state index < -0.39 is 0 Å². The molecule has 5 heteroatoms. The minimum atomic E-state index is -0.0669. The summed E-state index contributed by atoms with van der Waals surface area (Å²) < 4.78 is 5.44. The van der Waals surface area contributed by atoms with E-state index in [4.69, 9.17) is 10.5 Å². The summed E-state index contributed by atoms with van der Waals surface area (Å²) in [7, 11) is 0. The van der Waals surface area contributed by atoms with E-state index in [0.29, 0.717) is 48.8 Å². The number of carbonyl (C=O) groups is 2. The van der Waals surface area contributed by atoms with Gasteiger partial charge in [-0.05, 0) is 37.1 Å². The Balaban J connectivity index is 2.29.